The number of hydrazone groups is 1. The number of nitrogens with zero attached hydrogens (tertiary/aromatic N) is 2. The van der Waals surface area contributed by atoms with Crippen LogP contribution in [0.1, 0.15) is 68.4 Å². The van der Waals surface area contributed by atoms with Crippen LogP contribution in [-0.2, 0) is 0 Å². The first-order valence-electron chi connectivity index (χ1n) is 9.75. The minimum atomic E-state index is -0.437. The van der Waals surface area contributed by atoms with Crippen molar-refractivity contribution in [3.63, 3.8) is 0 Å². The van der Waals surface area contributed by atoms with E-state index < -0.39 is 5.91 Å². The van der Waals surface area contributed by atoms with Gasteiger partial charge in [0.1, 0.15) is 5.75 Å². The van der Waals surface area contributed by atoms with Crippen LogP contribution in [0, 0.1) is 0 Å². The maximum Gasteiger partial charge on any atom is 0.275 e. The topological polar surface area (TPSA) is 64.9 Å². The lowest BCUT2D eigenvalue weighted by atomic mass is 9.79. The number of nitrogens with one attached hydrogen (secondary N) is 1. The van der Waals surface area contributed by atoms with Crippen LogP contribution in [0.2, 0.25) is 0 Å². The van der Waals surface area contributed by atoms with Crippen LogP contribution in [0.3, 0.4) is 0 Å². The van der Waals surface area contributed by atoms with Crippen molar-refractivity contribution in [1.82, 2.24) is 5.43 Å². The Hall–Kier alpha value is -2.82. The summed E-state index contributed by atoms with van der Waals surface area (Å²) in [5.41, 5.74) is 6.31. The number of hydrogen-bond acceptors (Lipinski definition) is 4. The third-order valence-corrected chi connectivity index (χ3v) is 5.34. The van der Waals surface area contributed by atoms with Gasteiger partial charge in [0, 0.05) is 17.3 Å². The number of para-hydroxylation sites is 1. The summed E-state index contributed by atoms with van der Waals surface area (Å²) < 4.78 is 0. The lowest BCUT2D eigenvalue weighted by Crippen LogP contribution is -2.51. The molecule has 28 heavy (non-hydrogen) atoms. The summed E-state index contributed by atoms with van der Waals surface area (Å²) in [4.78, 5) is 14.6. The van der Waals surface area contributed by atoms with Crippen molar-refractivity contribution in [2.24, 2.45) is 5.10 Å². The molecule has 3 rings (SSSR count). The van der Waals surface area contributed by atoms with Gasteiger partial charge in [0.25, 0.3) is 5.91 Å². The van der Waals surface area contributed by atoms with Gasteiger partial charge in [-0.05, 0) is 75.4 Å². The van der Waals surface area contributed by atoms with E-state index in [-0.39, 0.29) is 16.9 Å². The number of rotatable bonds is 4. The van der Waals surface area contributed by atoms with Gasteiger partial charge in [-0.1, -0.05) is 25.1 Å². The molecular formula is C23H29N3O2. The number of fused-ring (bicyclic) bond motifs is 1. The van der Waals surface area contributed by atoms with Crippen LogP contribution < -0.4 is 10.3 Å². The van der Waals surface area contributed by atoms with E-state index in [4.69, 9.17) is 0 Å². The molecule has 0 aromatic heterocycles. The first-order chi connectivity index (χ1) is 13.2. The third kappa shape index (κ3) is 3.88. The number of aromatic hydroxyl groups is 1. The van der Waals surface area contributed by atoms with Crippen LogP contribution in [-0.4, -0.2) is 28.8 Å². The summed E-state index contributed by atoms with van der Waals surface area (Å²) in [6.07, 6.45) is 2.73. The van der Waals surface area contributed by atoms with Gasteiger partial charge in [-0.15, -0.1) is 0 Å². The molecule has 1 unspecified atom stereocenters. The van der Waals surface area contributed by atoms with Gasteiger partial charge in [0.2, 0.25) is 0 Å². The van der Waals surface area contributed by atoms with Gasteiger partial charge in [0.05, 0.1) is 11.8 Å². The van der Waals surface area contributed by atoms with Gasteiger partial charge >= 0.3 is 0 Å². The minimum Gasteiger partial charge on any atom is -0.507 e. The highest BCUT2D eigenvalue weighted by Gasteiger charge is 2.37. The Balaban J connectivity index is 1.80. The molecule has 2 aromatic rings. The number of hydrogen-bond donors (Lipinski definition) is 2. The average Bonchev–Trinajstić information content (AvgIpc) is 2.61. The Morgan fingerprint density at radius 1 is 1.29 bits per heavy atom. The zero-order valence-corrected chi connectivity index (χ0v) is 17.2. The third-order valence-electron chi connectivity index (χ3n) is 5.34. The highest BCUT2D eigenvalue weighted by atomic mass is 16.3. The summed E-state index contributed by atoms with van der Waals surface area (Å²) >= 11 is 0. The second-order valence-electron chi connectivity index (χ2n) is 8.42. The largest absolute Gasteiger partial charge is 0.507 e. The van der Waals surface area contributed by atoms with Gasteiger partial charge in [-0.2, -0.15) is 5.10 Å². The van der Waals surface area contributed by atoms with E-state index in [0.29, 0.717) is 12.0 Å². The number of phenols is 1. The molecule has 148 valence electrons. The molecule has 0 spiro atoms. The second-order valence-corrected chi connectivity index (χ2v) is 8.42. The SMILES string of the molecule is CC1CC(C)(C)N(C(C)C)c2ccc(/C=N\NC(=O)c3ccccc3O)cc21. The highest BCUT2D eigenvalue weighted by molar-refractivity contribution is 5.97. The van der Waals surface area contributed by atoms with Crippen molar-refractivity contribution < 1.29 is 9.90 Å². The predicted molar refractivity (Wildman–Crippen MR) is 114 cm³/mol. The number of carbonyl (C=O) groups is 1. The Morgan fingerprint density at radius 3 is 2.68 bits per heavy atom. The van der Waals surface area contributed by atoms with E-state index in [1.807, 2.05) is 6.07 Å². The van der Waals surface area contributed by atoms with Crippen LogP contribution in [0.25, 0.3) is 0 Å². The molecule has 1 aliphatic heterocycles. The monoisotopic (exact) mass is 379 g/mol. The highest BCUT2D eigenvalue weighted by Crippen LogP contribution is 2.44. The van der Waals surface area contributed by atoms with E-state index in [1.165, 1.54) is 17.3 Å². The Kier molecular flexibility index (Phi) is 5.45. The van der Waals surface area contributed by atoms with Crippen LogP contribution >= 0.6 is 0 Å². The molecule has 0 fully saturated rings. The Labute approximate surface area is 167 Å². The second kappa shape index (κ2) is 7.66. The molecule has 0 saturated heterocycles. The quantitative estimate of drug-likeness (QED) is 0.600. The molecule has 2 N–H and O–H groups in total. The molecule has 2 aromatic carbocycles. The van der Waals surface area contributed by atoms with Crippen LogP contribution in [0.15, 0.2) is 47.6 Å². The van der Waals surface area contributed by atoms with Crippen molar-refractivity contribution in [1.29, 1.82) is 0 Å². The van der Waals surface area contributed by atoms with E-state index in [9.17, 15) is 9.90 Å². The molecule has 0 radical (unpaired) electrons. The van der Waals surface area contributed by atoms with Crippen molar-refractivity contribution in [3.05, 3.63) is 59.2 Å². The smallest absolute Gasteiger partial charge is 0.275 e. The van der Waals surface area contributed by atoms with Crippen LogP contribution in [0.5, 0.6) is 5.75 Å². The van der Waals surface area contributed by atoms with Crippen molar-refractivity contribution in [2.45, 2.75) is 58.5 Å². The summed E-state index contributed by atoms with van der Waals surface area (Å²) in [5.74, 6) is -0.0492. The summed E-state index contributed by atoms with van der Waals surface area (Å²) in [7, 11) is 0. The molecule has 1 atom stereocenters. The maximum absolute atomic E-state index is 12.1. The van der Waals surface area contributed by atoms with Gasteiger partial charge in [-0.3, -0.25) is 4.79 Å². The van der Waals surface area contributed by atoms with Crippen molar-refractivity contribution in [2.75, 3.05) is 4.90 Å². The minimum absolute atomic E-state index is 0.0609. The lowest BCUT2D eigenvalue weighted by Gasteiger charge is -2.50. The Morgan fingerprint density at radius 2 is 2.00 bits per heavy atom. The van der Waals surface area contributed by atoms with Crippen LogP contribution in [0.4, 0.5) is 5.69 Å². The molecular weight excluding hydrogens is 350 g/mol. The predicted octanol–water partition coefficient (Wildman–Crippen LogP) is 4.66. The first-order valence-corrected chi connectivity index (χ1v) is 9.75. The van der Waals surface area contributed by atoms with Gasteiger partial charge < -0.3 is 10.0 Å². The molecule has 5 heteroatoms. The van der Waals surface area contributed by atoms with E-state index in [2.05, 4.69) is 62.2 Å². The molecule has 1 aliphatic rings. The normalized spacial score (nSPS) is 18.4. The fraction of sp³-hybridized carbons (Fsp3) is 0.391. The summed E-state index contributed by atoms with van der Waals surface area (Å²) in [6.45, 7) is 11.3. The standard InChI is InChI=1S/C23H29N3O2/c1-15(2)26-20-11-10-17(12-19(20)16(3)13-23(26,4)5)14-24-25-22(28)18-8-6-7-9-21(18)27/h6-12,14-16,27H,13H2,1-5H3,(H,25,28)/b24-14-. The summed E-state index contributed by atoms with van der Waals surface area (Å²) in [5, 5.41) is 13.8. The molecule has 1 heterocycles. The first kappa shape index (κ1) is 19.9. The number of anilines is 1. The maximum atomic E-state index is 12.1. The number of amides is 1. The van der Waals surface area contributed by atoms with E-state index in [0.717, 1.165) is 12.0 Å². The molecule has 0 saturated carbocycles. The molecule has 0 bridgehead atoms. The average molecular weight is 380 g/mol. The number of phenolic OH excluding ortho intramolecular Hbond substituents is 1. The van der Waals surface area contributed by atoms with E-state index >= 15 is 0 Å². The van der Waals surface area contributed by atoms with E-state index in [1.54, 1.807) is 24.4 Å². The molecule has 1 amide bonds. The summed E-state index contributed by atoms with van der Waals surface area (Å²) in [6, 6.07) is 13.2. The molecule has 5 nitrogen and oxygen atoms in total. The van der Waals surface area contributed by atoms with Gasteiger partial charge in [-0.25, -0.2) is 5.43 Å². The zero-order chi connectivity index (χ0) is 20.5. The van der Waals surface area contributed by atoms with Crippen molar-refractivity contribution in [3.8, 4) is 5.75 Å². The zero-order valence-electron chi connectivity index (χ0n) is 17.2. The van der Waals surface area contributed by atoms with Crippen molar-refractivity contribution >= 4 is 17.8 Å². The fourth-order valence-corrected chi connectivity index (χ4v) is 4.42. The fourth-order valence-electron chi connectivity index (χ4n) is 4.42. The number of benzene rings is 2. The molecule has 0 aliphatic carbocycles. The number of carbonyl (C=O) groups excluding carboxylic acids is 1. The Bertz CT molecular complexity index is 902. The van der Waals surface area contributed by atoms with Gasteiger partial charge in [0.15, 0.2) is 0 Å². The lowest BCUT2D eigenvalue weighted by molar-refractivity contribution is 0.0952.